The van der Waals surface area contributed by atoms with E-state index in [9.17, 15) is 4.79 Å². The topological polar surface area (TPSA) is 56.7 Å². The van der Waals surface area contributed by atoms with Gasteiger partial charge < -0.3 is 15.5 Å². The Balaban J connectivity index is 0.00000312. The van der Waals surface area contributed by atoms with E-state index in [0.29, 0.717) is 6.54 Å². The summed E-state index contributed by atoms with van der Waals surface area (Å²) in [6, 6.07) is 8.36. The van der Waals surface area contributed by atoms with Crippen molar-refractivity contribution < 1.29 is 4.79 Å². The van der Waals surface area contributed by atoms with Crippen LogP contribution in [0.4, 0.5) is 0 Å². The lowest BCUT2D eigenvalue weighted by Crippen LogP contribution is -2.40. The van der Waals surface area contributed by atoms with Crippen LogP contribution in [0.3, 0.4) is 0 Å². The second kappa shape index (κ2) is 12.1. The third kappa shape index (κ3) is 7.22. The molecule has 0 aromatic heterocycles. The smallest absolute Gasteiger partial charge is 0.244 e. The number of carbonyl (C=O) groups is 1. The molecule has 1 aliphatic rings. The van der Waals surface area contributed by atoms with Crippen LogP contribution in [0.1, 0.15) is 44.2 Å². The average Bonchev–Trinajstić information content (AvgIpc) is 2.62. The third-order valence-electron chi connectivity index (χ3n) is 4.27. The normalized spacial score (nSPS) is 13.7. The molecule has 0 saturated carbocycles. The van der Waals surface area contributed by atoms with Crippen molar-refractivity contribution in [2.75, 3.05) is 26.2 Å². The average molecular weight is 458 g/mol. The van der Waals surface area contributed by atoms with Crippen molar-refractivity contribution in [2.45, 2.75) is 46.1 Å². The number of hydrogen-bond acceptors (Lipinski definition) is 2. The van der Waals surface area contributed by atoms with Crippen LogP contribution in [-0.2, 0) is 17.8 Å². The number of hydrogen-bond donors (Lipinski definition) is 2. The number of guanidine groups is 1. The van der Waals surface area contributed by atoms with Crippen molar-refractivity contribution in [3.63, 3.8) is 0 Å². The molecule has 0 bridgehead atoms. The molecule has 1 heterocycles. The number of amides is 1. The van der Waals surface area contributed by atoms with E-state index >= 15 is 0 Å². The molecule has 2 N–H and O–H groups in total. The molecule has 5 nitrogen and oxygen atoms in total. The summed E-state index contributed by atoms with van der Waals surface area (Å²) >= 11 is 0. The second-order valence-corrected chi connectivity index (χ2v) is 6.16. The maximum absolute atomic E-state index is 12.5. The van der Waals surface area contributed by atoms with E-state index in [0.717, 1.165) is 38.4 Å². The van der Waals surface area contributed by atoms with Crippen LogP contribution in [-0.4, -0.2) is 42.9 Å². The van der Waals surface area contributed by atoms with Gasteiger partial charge in [-0.2, -0.15) is 0 Å². The third-order valence-corrected chi connectivity index (χ3v) is 4.27. The Morgan fingerprint density at radius 3 is 2.64 bits per heavy atom. The van der Waals surface area contributed by atoms with Crippen molar-refractivity contribution in [3.05, 3.63) is 35.4 Å². The highest BCUT2D eigenvalue weighted by atomic mass is 127. The van der Waals surface area contributed by atoms with Crippen molar-refractivity contribution in [2.24, 2.45) is 4.99 Å². The van der Waals surface area contributed by atoms with Crippen molar-refractivity contribution in [1.29, 1.82) is 0 Å². The first-order valence-corrected chi connectivity index (χ1v) is 9.11. The molecule has 0 unspecified atom stereocenters. The zero-order valence-electron chi connectivity index (χ0n) is 15.4. The summed E-state index contributed by atoms with van der Waals surface area (Å²) in [6.45, 7) is 7.60. The maximum Gasteiger partial charge on any atom is 0.244 e. The highest BCUT2D eigenvalue weighted by Gasteiger charge is 2.19. The zero-order chi connectivity index (χ0) is 17.2. The molecule has 1 aromatic rings. The summed E-state index contributed by atoms with van der Waals surface area (Å²) in [4.78, 5) is 18.8. The van der Waals surface area contributed by atoms with Gasteiger partial charge >= 0.3 is 0 Å². The minimum Gasteiger partial charge on any atom is -0.357 e. The van der Waals surface area contributed by atoms with Gasteiger partial charge in [0.2, 0.25) is 5.91 Å². The Hall–Kier alpha value is -1.31. The Kier molecular flexibility index (Phi) is 10.5. The number of rotatable bonds is 7. The molecular formula is C19H31IN4O. The van der Waals surface area contributed by atoms with Gasteiger partial charge in [0, 0.05) is 26.2 Å². The van der Waals surface area contributed by atoms with Crippen LogP contribution in [0.25, 0.3) is 0 Å². The van der Waals surface area contributed by atoms with Gasteiger partial charge in [-0.1, -0.05) is 44.0 Å². The first-order valence-electron chi connectivity index (χ1n) is 9.11. The maximum atomic E-state index is 12.5. The monoisotopic (exact) mass is 458 g/mol. The first-order chi connectivity index (χ1) is 11.7. The van der Waals surface area contributed by atoms with Crippen molar-refractivity contribution in [3.8, 4) is 0 Å². The van der Waals surface area contributed by atoms with Crippen LogP contribution in [0.2, 0.25) is 0 Å². The van der Waals surface area contributed by atoms with Crippen LogP contribution < -0.4 is 10.6 Å². The molecule has 6 heteroatoms. The largest absolute Gasteiger partial charge is 0.357 e. The second-order valence-electron chi connectivity index (χ2n) is 6.16. The van der Waals surface area contributed by atoms with E-state index in [2.05, 4.69) is 40.7 Å². The quantitative estimate of drug-likeness (QED) is 0.286. The fraction of sp³-hybridized carbons (Fsp3) is 0.579. The summed E-state index contributed by atoms with van der Waals surface area (Å²) < 4.78 is 0. The van der Waals surface area contributed by atoms with Gasteiger partial charge in [0.25, 0.3) is 0 Å². The van der Waals surface area contributed by atoms with Crippen LogP contribution in [0.5, 0.6) is 0 Å². The van der Waals surface area contributed by atoms with E-state index in [4.69, 9.17) is 0 Å². The summed E-state index contributed by atoms with van der Waals surface area (Å²) in [7, 11) is 0. The Bertz CT molecular complexity index is 562. The van der Waals surface area contributed by atoms with E-state index in [-0.39, 0.29) is 36.4 Å². The SMILES string of the molecule is CCCCCNC(=NCC(=O)N1CCc2ccccc2C1)NCC.I. The number of halogens is 1. The molecule has 1 aliphatic heterocycles. The van der Waals surface area contributed by atoms with Gasteiger partial charge in [0.1, 0.15) is 6.54 Å². The molecule has 0 saturated heterocycles. The van der Waals surface area contributed by atoms with Gasteiger partial charge in [0.05, 0.1) is 0 Å². The van der Waals surface area contributed by atoms with E-state index < -0.39 is 0 Å². The van der Waals surface area contributed by atoms with Gasteiger partial charge in [-0.15, -0.1) is 24.0 Å². The molecule has 0 atom stereocenters. The predicted octanol–water partition coefficient (Wildman–Crippen LogP) is 2.93. The summed E-state index contributed by atoms with van der Waals surface area (Å²) in [5, 5.41) is 6.50. The fourth-order valence-corrected chi connectivity index (χ4v) is 2.88. The van der Waals surface area contributed by atoms with Gasteiger partial charge in [-0.25, -0.2) is 4.99 Å². The number of nitrogens with zero attached hydrogens (tertiary/aromatic N) is 2. The summed E-state index contributed by atoms with van der Waals surface area (Å²) in [6.07, 6.45) is 4.46. The molecule has 1 amide bonds. The molecular weight excluding hydrogens is 427 g/mol. The van der Waals surface area contributed by atoms with Gasteiger partial charge in [-0.05, 0) is 30.9 Å². The van der Waals surface area contributed by atoms with Gasteiger partial charge in [0.15, 0.2) is 5.96 Å². The Morgan fingerprint density at radius 2 is 1.92 bits per heavy atom. The van der Waals surface area contributed by atoms with Crippen LogP contribution >= 0.6 is 24.0 Å². The first kappa shape index (κ1) is 21.7. The highest BCUT2D eigenvalue weighted by molar-refractivity contribution is 14.0. The van der Waals surface area contributed by atoms with Crippen molar-refractivity contribution in [1.82, 2.24) is 15.5 Å². The Morgan fingerprint density at radius 1 is 1.16 bits per heavy atom. The van der Waals surface area contributed by atoms with E-state index in [1.54, 1.807) is 0 Å². The highest BCUT2D eigenvalue weighted by Crippen LogP contribution is 2.18. The zero-order valence-corrected chi connectivity index (χ0v) is 17.7. The molecule has 1 aromatic carbocycles. The van der Waals surface area contributed by atoms with E-state index in [1.807, 2.05) is 17.9 Å². The number of aliphatic imine (C=N–C) groups is 1. The number of unbranched alkanes of at least 4 members (excludes halogenated alkanes) is 2. The predicted molar refractivity (Wildman–Crippen MR) is 114 cm³/mol. The molecule has 140 valence electrons. The summed E-state index contributed by atoms with van der Waals surface area (Å²) in [5.41, 5.74) is 2.61. The number of nitrogens with one attached hydrogen (secondary N) is 2. The number of carbonyl (C=O) groups excluding carboxylic acids is 1. The molecule has 2 rings (SSSR count). The lowest BCUT2D eigenvalue weighted by Gasteiger charge is -2.28. The standard InChI is InChI=1S/C19H30N4O.HI/c1-3-5-8-12-21-19(20-4-2)22-14-18(24)23-13-11-16-9-6-7-10-17(16)15-23;/h6-7,9-10H,3-5,8,11-15H2,1-2H3,(H2,20,21,22);1H. The lowest BCUT2D eigenvalue weighted by atomic mass is 10.00. The number of benzene rings is 1. The molecule has 0 radical (unpaired) electrons. The van der Waals surface area contributed by atoms with Gasteiger partial charge in [-0.3, -0.25) is 4.79 Å². The van der Waals surface area contributed by atoms with Crippen LogP contribution in [0, 0.1) is 0 Å². The number of fused-ring (bicyclic) bond motifs is 1. The molecule has 25 heavy (non-hydrogen) atoms. The minimum absolute atomic E-state index is 0. The van der Waals surface area contributed by atoms with E-state index in [1.165, 1.54) is 24.0 Å². The molecule has 0 fully saturated rings. The lowest BCUT2D eigenvalue weighted by molar-refractivity contribution is -0.130. The molecule has 0 aliphatic carbocycles. The fourth-order valence-electron chi connectivity index (χ4n) is 2.88. The summed E-state index contributed by atoms with van der Waals surface area (Å²) in [5.74, 6) is 0.828. The van der Waals surface area contributed by atoms with Crippen molar-refractivity contribution >= 4 is 35.8 Å². The Labute approximate surface area is 168 Å². The minimum atomic E-state index is 0. The van der Waals surface area contributed by atoms with Crippen LogP contribution in [0.15, 0.2) is 29.3 Å². The molecule has 0 spiro atoms.